The van der Waals surface area contributed by atoms with Gasteiger partial charge in [0.2, 0.25) is 0 Å². The summed E-state index contributed by atoms with van der Waals surface area (Å²) in [4.78, 5) is 4.72. The van der Waals surface area contributed by atoms with Gasteiger partial charge in [-0.15, -0.1) is 0 Å². The maximum atomic E-state index is 4.27. The molecule has 0 atom stereocenters. The van der Waals surface area contributed by atoms with Crippen LogP contribution in [0.3, 0.4) is 0 Å². The molecular weight excluding hydrogens is 472 g/mol. The number of rotatable bonds is 6. The second-order valence-electron chi connectivity index (χ2n) is 11.2. The average molecular weight is 511 g/mol. The fourth-order valence-corrected chi connectivity index (χ4v) is 6.33. The van der Waals surface area contributed by atoms with Crippen molar-refractivity contribution in [1.29, 1.82) is 0 Å². The fourth-order valence-electron chi connectivity index (χ4n) is 6.33. The van der Waals surface area contributed by atoms with Gasteiger partial charge in [-0.3, -0.25) is 0 Å². The molecule has 2 aliphatic rings. The van der Waals surface area contributed by atoms with Gasteiger partial charge < -0.3 is 9.80 Å². The Morgan fingerprint density at radius 2 is 1.03 bits per heavy atom. The molecular formula is C37H38N2. The molecule has 196 valence electrons. The lowest BCUT2D eigenvalue weighted by Gasteiger charge is -2.47. The summed E-state index contributed by atoms with van der Waals surface area (Å²) in [6, 6.07) is 26.0. The van der Waals surface area contributed by atoms with E-state index in [1.807, 2.05) is 18.2 Å². The van der Waals surface area contributed by atoms with Crippen molar-refractivity contribution in [2.45, 2.75) is 45.4 Å². The largest absolute Gasteiger partial charge is 0.310 e. The first kappa shape index (κ1) is 26.3. The molecule has 0 N–H and O–H groups in total. The predicted octanol–water partition coefficient (Wildman–Crippen LogP) is 10.2. The number of allylic oxidation sites excluding steroid dienone is 7. The zero-order valence-electron chi connectivity index (χ0n) is 23.8. The third-order valence-electron chi connectivity index (χ3n) is 8.28. The zero-order chi connectivity index (χ0) is 27.9. The first-order valence-corrected chi connectivity index (χ1v) is 13.6. The standard InChI is InChI=1S/C37H38N2/c1-9-19-33-29(11-3)37(7,8)31-24-30-34(25-35(31)39(33)27-22-17-14-18-23-27)38(26-20-15-13-16-21-26)32(12-4)28(10-2)36(30,5)6/h9-25H,2-4H2,1,5-8H3/b19-9-. The maximum Gasteiger partial charge on any atom is 0.0523 e. The molecule has 0 unspecified atom stereocenters. The van der Waals surface area contributed by atoms with E-state index in [0.29, 0.717) is 0 Å². The Bertz CT molecular complexity index is 1550. The lowest BCUT2D eigenvalue weighted by atomic mass is 9.68. The predicted molar refractivity (Wildman–Crippen MR) is 169 cm³/mol. The second-order valence-corrected chi connectivity index (χ2v) is 11.2. The molecule has 2 nitrogen and oxygen atoms in total. The number of anilines is 4. The van der Waals surface area contributed by atoms with E-state index in [0.717, 1.165) is 34.0 Å². The van der Waals surface area contributed by atoms with E-state index in [-0.39, 0.29) is 10.8 Å². The summed E-state index contributed by atoms with van der Waals surface area (Å²) >= 11 is 0. The number of hydrogen-bond donors (Lipinski definition) is 0. The number of fused-ring (bicyclic) bond motifs is 2. The Balaban J connectivity index is 1.92. The highest BCUT2D eigenvalue weighted by atomic mass is 15.2. The number of hydrogen-bond acceptors (Lipinski definition) is 2. The molecule has 0 aliphatic carbocycles. The van der Waals surface area contributed by atoms with E-state index in [4.69, 9.17) is 0 Å². The van der Waals surface area contributed by atoms with Crippen molar-refractivity contribution >= 4 is 22.7 Å². The van der Waals surface area contributed by atoms with E-state index in [9.17, 15) is 0 Å². The molecule has 5 rings (SSSR count). The van der Waals surface area contributed by atoms with Gasteiger partial charge in [0, 0.05) is 33.6 Å². The first-order valence-electron chi connectivity index (χ1n) is 13.6. The summed E-state index contributed by atoms with van der Waals surface area (Å²) in [5, 5.41) is 0. The molecule has 0 saturated heterocycles. The van der Waals surface area contributed by atoms with E-state index < -0.39 is 0 Å². The van der Waals surface area contributed by atoms with Gasteiger partial charge in [0.15, 0.2) is 0 Å². The highest BCUT2D eigenvalue weighted by molar-refractivity contribution is 5.88. The van der Waals surface area contributed by atoms with Gasteiger partial charge in [-0.05, 0) is 77.7 Å². The smallest absolute Gasteiger partial charge is 0.0523 e. The van der Waals surface area contributed by atoms with Crippen LogP contribution in [-0.2, 0) is 10.8 Å². The van der Waals surface area contributed by atoms with Crippen molar-refractivity contribution < 1.29 is 0 Å². The summed E-state index contributed by atoms with van der Waals surface area (Å²) in [5.74, 6) is 0. The van der Waals surface area contributed by atoms with Crippen LogP contribution in [0.4, 0.5) is 22.7 Å². The number of para-hydroxylation sites is 2. The molecule has 3 aromatic carbocycles. The zero-order valence-corrected chi connectivity index (χ0v) is 23.8. The van der Waals surface area contributed by atoms with E-state index in [1.165, 1.54) is 22.4 Å². The summed E-state index contributed by atoms with van der Waals surface area (Å²) in [6.07, 6.45) is 10.3. The second kappa shape index (κ2) is 9.78. The first-order chi connectivity index (χ1) is 18.7. The molecule has 2 heterocycles. The van der Waals surface area contributed by atoms with Crippen LogP contribution in [0.5, 0.6) is 0 Å². The van der Waals surface area contributed by atoms with Gasteiger partial charge in [-0.1, -0.05) is 102 Å². The van der Waals surface area contributed by atoms with Crippen LogP contribution < -0.4 is 9.80 Å². The number of nitrogens with zero attached hydrogens (tertiary/aromatic N) is 2. The molecule has 0 saturated carbocycles. The number of benzene rings is 3. The molecule has 0 radical (unpaired) electrons. The van der Waals surface area contributed by atoms with Crippen molar-refractivity contribution in [3.05, 3.63) is 157 Å². The molecule has 0 amide bonds. The molecule has 2 heteroatoms. The Morgan fingerprint density at radius 1 is 0.590 bits per heavy atom. The van der Waals surface area contributed by atoms with Crippen LogP contribution in [0.25, 0.3) is 0 Å². The summed E-state index contributed by atoms with van der Waals surface area (Å²) in [6.45, 7) is 24.0. The van der Waals surface area contributed by atoms with Crippen LogP contribution in [0.2, 0.25) is 0 Å². The van der Waals surface area contributed by atoms with Crippen molar-refractivity contribution in [1.82, 2.24) is 0 Å². The lowest BCUT2D eigenvalue weighted by molar-refractivity contribution is 0.598. The Kier molecular flexibility index (Phi) is 6.60. The average Bonchev–Trinajstić information content (AvgIpc) is 2.93. The van der Waals surface area contributed by atoms with Gasteiger partial charge >= 0.3 is 0 Å². The van der Waals surface area contributed by atoms with E-state index in [1.54, 1.807) is 0 Å². The van der Waals surface area contributed by atoms with Crippen LogP contribution >= 0.6 is 0 Å². The van der Waals surface area contributed by atoms with E-state index in [2.05, 4.69) is 149 Å². The summed E-state index contributed by atoms with van der Waals surface area (Å²) in [5.41, 5.74) is 11.1. The van der Waals surface area contributed by atoms with Gasteiger partial charge in [0.05, 0.1) is 11.4 Å². The quantitative estimate of drug-likeness (QED) is 0.325. The van der Waals surface area contributed by atoms with E-state index >= 15 is 0 Å². The van der Waals surface area contributed by atoms with Crippen molar-refractivity contribution in [2.75, 3.05) is 9.80 Å². The molecule has 0 spiro atoms. The molecule has 3 aromatic rings. The highest BCUT2D eigenvalue weighted by Crippen LogP contribution is 2.56. The molecule has 2 aliphatic heterocycles. The van der Waals surface area contributed by atoms with Crippen molar-refractivity contribution in [2.24, 2.45) is 0 Å². The Hall–Kier alpha value is -4.30. The van der Waals surface area contributed by atoms with Crippen molar-refractivity contribution in [3.8, 4) is 0 Å². The third kappa shape index (κ3) is 3.94. The molecule has 0 bridgehead atoms. The molecule has 0 aromatic heterocycles. The minimum absolute atomic E-state index is 0.253. The monoisotopic (exact) mass is 510 g/mol. The Morgan fingerprint density at radius 3 is 1.44 bits per heavy atom. The fraction of sp³-hybridized carbons (Fsp3) is 0.189. The van der Waals surface area contributed by atoms with Crippen molar-refractivity contribution in [3.63, 3.8) is 0 Å². The van der Waals surface area contributed by atoms with Crippen LogP contribution in [0, 0.1) is 0 Å². The van der Waals surface area contributed by atoms with Gasteiger partial charge in [-0.2, -0.15) is 0 Å². The van der Waals surface area contributed by atoms with Crippen LogP contribution in [0.1, 0.15) is 45.7 Å². The maximum absolute atomic E-state index is 4.27. The van der Waals surface area contributed by atoms with Gasteiger partial charge in [0.1, 0.15) is 0 Å². The van der Waals surface area contributed by atoms with Crippen LogP contribution in [0.15, 0.2) is 145 Å². The summed E-state index contributed by atoms with van der Waals surface area (Å²) < 4.78 is 0. The minimum Gasteiger partial charge on any atom is -0.310 e. The highest BCUT2D eigenvalue weighted by Gasteiger charge is 2.43. The summed E-state index contributed by atoms with van der Waals surface area (Å²) in [7, 11) is 0. The molecule has 39 heavy (non-hydrogen) atoms. The van der Waals surface area contributed by atoms with Crippen LogP contribution in [-0.4, -0.2) is 0 Å². The lowest BCUT2D eigenvalue weighted by Crippen LogP contribution is -2.37. The minimum atomic E-state index is -0.268. The van der Waals surface area contributed by atoms with Gasteiger partial charge in [-0.25, -0.2) is 0 Å². The third-order valence-corrected chi connectivity index (χ3v) is 8.28. The van der Waals surface area contributed by atoms with Gasteiger partial charge in [0.25, 0.3) is 0 Å². The Labute approximate surface area is 234 Å². The SMILES string of the molecule is C=CC1=C(C=C)C(C)(C)c2cc3c(cc2N1c1ccccc1)N(c1ccccc1)C(/C=C\C)=C(C=C)C3(C)C. The normalized spacial score (nSPS) is 17.7. The topological polar surface area (TPSA) is 6.48 Å². The molecule has 0 fully saturated rings.